The minimum atomic E-state index is 0.213. The van der Waals surface area contributed by atoms with E-state index in [1.165, 1.54) is 11.1 Å². The van der Waals surface area contributed by atoms with Crippen LogP contribution in [0.15, 0.2) is 24.3 Å². The van der Waals surface area contributed by atoms with E-state index in [9.17, 15) is 0 Å². The van der Waals surface area contributed by atoms with E-state index in [1.54, 1.807) is 0 Å². The molecule has 0 radical (unpaired) electrons. The number of aryl methyl sites for hydroxylation is 1. The first-order valence-corrected chi connectivity index (χ1v) is 5.25. The molecule has 1 heterocycles. The number of hydrogen-bond acceptors (Lipinski definition) is 2. The van der Waals surface area contributed by atoms with Crippen LogP contribution in [0.2, 0.25) is 0 Å². The van der Waals surface area contributed by atoms with Gasteiger partial charge >= 0.3 is 0 Å². The molecule has 0 amide bonds. The number of hydrogen-bond donors (Lipinski definition) is 1. The third-order valence-electron chi connectivity index (χ3n) is 2.52. The maximum atomic E-state index is 5.61. The predicted octanol–water partition coefficient (Wildman–Crippen LogP) is 1.87. The van der Waals surface area contributed by atoms with Crippen molar-refractivity contribution >= 4 is 0 Å². The summed E-state index contributed by atoms with van der Waals surface area (Å²) < 4.78 is 5.61. The Morgan fingerprint density at radius 2 is 2.43 bits per heavy atom. The van der Waals surface area contributed by atoms with Crippen molar-refractivity contribution in [2.45, 2.75) is 26.0 Å². The van der Waals surface area contributed by atoms with Gasteiger partial charge in [0.2, 0.25) is 0 Å². The van der Waals surface area contributed by atoms with E-state index in [0.29, 0.717) is 0 Å². The van der Waals surface area contributed by atoms with E-state index in [1.807, 2.05) is 0 Å². The van der Waals surface area contributed by atoms with Gasteiger partial charge in [-0.3, -0.25) is 5.32 Å². The quantitative estimate of drug-likeness (QED) is 0.770. The van der Waals surface area contributed by atoms with Crippen molar-refractivity contribution in [3.63, 3.8) is 0 Å². The van der Waals surface area contributed by atoms with Gasteiger partial charge in [-0.15, -0.1) is 0 Å². The fraction of sp³-hybridized carbons (Fsp3) is 0.500. The summed E-state index contributed by atoms with van der Waals surface area (Å²) in [5.41, 5.74) is 2.67. The van der Waals surface area contributed by atoms with Crippen molar-refractivity contribution in [3.05, 3.63) is 35.4 Å². The molecule has 1 fully saturated rings. The first-order valence-electron chi connectivity index (χ1n) is 5.25. The SMILES string of the molecule is Cc1cccc(CC2NCCCO2)c1. The van der Waals surface area contributed by atoms with E-state index in [0.717, 1.165) is 26.0 Å². The zero-order chi connectivity index (χ0) is 9.80. The van der Waals surface area contributed by atoms with Crippen LogP contribution in [0.1, 0.15) is 17.5 Å². The molecule has 0 saturated carbocycles. The van der Waals surface area contributed by atoms with Crippen LogP contribution in [-0.2, 0) is 11.2 Å². The van der Waals surface area contributed by atoms with Gasteiger partial charge in [0.25, 0.3) is 0 Å². The summed E-state index contributed by atoms with van der Waals surface area (Å²) in [6.07, 6.45) is 2.32. The van der Waals surface area contributed by atoms with Crippen molar-refractivity contribution < 1.29 is 4.74 Å². The van der Waals surface area contributed by atoms with Crippen LogP contribution in [0.5, 0.6) is 0 Å². The van der Waals surface area contributed by atoms with Gasteiger partial charge in [-0.05, 0) is 25.5 Å². The van der Waals surface area contributed by atoms with Gasteiger partial charge in [-0.25, -0.2) is 0 Å². The van der Waals surface area contributed by atoms with Crippen LogP contribution in [0.4, 0.5) is 0 Å². The lowest BCUT2D eigenvalue weighted by atomic mass is 10.1. The molecule has 1 aromatic carbocycles. The Kier molecular flexibility index (Phi) is 3.17. The molecule has 0 aromatic heterocycles. The van der Waals surface area contributed by atoms with Crippen molar-refractivity contribution in [1.82, 2.24) is 5.32 Å². The smallest absolute Gasteiger partial charge is 0.112 e. The Morgan fingerprint density at radius 3 is 3.14 bits per heavy atom. The molecule has 1 unspecified atom stereocenters. The highest BCUT2D eigenvalue weighted by molar-refractivity contribution is 5.22. The lowest BCUT2D eigenvalue weighted by molar-refractivity contribution is 0.00194. The summed E-state index contributed by atoms with van der Waals surface area (Å²) in [4.78, 5) is 0. The molecule has 0 aliphatic carbocycles. The lowest BCUT2D eigenvalue weighted by Gasteiger charge is -2.24. The van der Waals surface area contributed by atoms with Crippen molar-refractivity contribution in [2.75, 3.05) is 13.2 Å². The monoisotopic (exact) mass is 191 g/mol. The standard InChI is InChI=1S/C12H17NO/c1-10-4-2-5-11(8-10)9-12-13-6-3-7-14-12/h2,4-5,8,12-13H,3,6-7,9H2,1H3. The number of benzene rings is 1. The second kappa shape index (κ2) is 4.58. The van der Waals surface area contributed by atoms with Gasteiger partial charge in [0.05, 0.1) is 0 Å². The highest BCUT2D eigenvalue weighted by atomic mass is 16.5. The summed E-state index contributed by atoms with van der Waals surface area (Å²) in [5.74, 6) is 0. The molecular formula is C12H17NO. The first kappa shape index (κ1) is 9.69. The number of rotatable bonds is 2. The summed E-state index contributed by atoms with van der Waals surface area (Å²) in [6.45, 7) is 4.10. The van der Waals surface area contributed by atoms with E-state index in [-0.39, 0.29) is 6.23 Å². The molecule has 0 bridgehead atoms. The highest BCUT2D eigenvalue weighted by Gasteiger charge is 2.12. The summed E-state index contributed by atoms with van der Waals surface area (Å²) in [7, 11) is 0. The fourth-order valence-electron chi connectivity index (χ4n) is 1.80. The Bertz CT molecular complexity index is 292. The van der Waals surface area contributed by atoms with E-state index in [2.05, 4.69) is 36.5 Å². The van der Waals surface area contributed by atoms with Gasteiger partial charge in [0.1, 0.15) is 6.23 Å². The Morgan fingerprint density at radius 1 is 1.50 bits per heavy atom. The molecule has 0 spiro atoms. The van der Waals surface area contributed by atoms with E-state index in [4.69, 9.17) is 4.74 Å². The van der Waals surface area contributed by atoms with Gasteiger partial charge in [0, 0.05) is 13.0 Å². The highest BCUT2D eigenvalue weighted by Crippen LogP contribution is 2.09. The van der Waals surface area contributed by atoms with Crippen molar-refractivity contribution in [2.24, 2.45) is 0 Å². The third kappa shape index (κ3) is 2.56. The third-order valence-corrected chi connectivity index (χ3v) is 2.52. The molecule has 1 saturated heterocycles. The van der Waals surface area contributed by atoms with Gasteiger partial charge in [0.15, 0.2) is 0 Å². The van der Waals surface area contributed by atoms with Gasteiger partial charge in [-0.2, -0.15) is 0 Å². The largest absolute Gasteiger partial charge is 0.363 e. The Balaban J connectivity index is 1.95. The minimum absolute atomic E-state index is 0.213. The topological polar surface area (TPSA) is 21.3 Å². The van der Waals surface area contributed by atoms with Crippen LogP contribution < -0.4 is 5.32 Å². The second-order valence-corrected chi connectivity index (χ2v) is 3.86. The first-order chi connectivity index (χ1) is 6.84. The fourth-order valence-corrected chi connectivity index (χ4v) is 1.80. The van der Waals surface area contributed by atoms with Crippen LogP contribution in [-0.4, -0.2) is 19.4 Å². The van der Waals surface area contributed by atoms with Crippen molar-refractivity contribution in [1.29, 1.82) is 0 Å². The molecule has 2 heteroatoms. The second-order valence-electron chi connectivity index (χ2n) is 3.86. The lowest BCUT2D eigenvalue weighted by Crippen LogP contribution is -2.39. The van der Waals surface area contributed by atoms with Gasteiger partial charge in [-0.1, -0.05) is 29.8 Å². The zero-order valence-electron chi connectivity index (χ0n) is 8.62. The molecule has 1 N–H and O–H groups in total. The summed E-state index contributed by atoms with van der Waals surface area (Å²) >= 11 is 0. The molecule has 1 atom stereocenters. The molecule has 2 rings (SSSR count). The number of ether oxygens (including phenoxy) is 1. The molecule has 2 nitrogen and oxygen atoms in total. The molecule has 1 aromatic rings. The molecule has 14 heavy (non-hydrogen) atoms. The maximum Gasteiger partial charge on any atom is 0.112 e. The Hall–Kier alpha value is -0.860. The average Bonchev–Trinajstić information content (AvgIpc) is 2.19. The molecule has 1 aliphatic heterocycles. The average molecular weight is 191 g/mol. The molecule has 1 aliphatic rings. The normalized spacial score (nSPS) is 22.2. The van der Waals surface area contributed by atoms with Crippen molar-refractivity contribution in [3.8, 4) is 0 Å². The molecule has 76 valence electrons. The summed E-state index contributed by atoms with van der Waals surface area (Å²) in [6, 6.07) is 8.61. The van der Waals surface area contributed by atoms with Crippen LogP contribution in [0.25, 0.3) is 0 Å². The van der Waals surface area contributed by atoms with Crippen LogP contribution in [0.3, 0.4) is 0 Å². The zero-order valence-corrected chi connectivity index (χ0v) is 8.62. The minimum Gasteiger partial charge on any atom is -0.363 e. The van der Waals surface area contributed by atoms with Gasteiger partial charge < -0.3 is 4.74 Å². The number of nitrogens with one attached hydrogen (secondary N) is 1. The molecular weight excluding hydrogens is 174 g/mol. The summed E-state index contributed by atoms with van der Waals surface area (Å²) in [5, 5.41) is 3.36. The van der Waals surface area contributed by atoms with Crippen LogP contribution in [0, 0.1) is 6.92 Å². The Labute approximate surface area is 85.3 Å². The van der Waals surface area contributed by atoms with E-state index < -0.39 is 0 Å². The predicted molar refractivity (Wildman–Crippen MR) is 57.2 cm³/mol. The van der Waals surface area contributed by atoms with Crippen LogP contribution >= 0.6 is 0 Å². The van der Waals surface area contributed by atoms with E-state index >= 15 is 0 Å². The maximum absolute atomic E-state index is 5.61.